The molecule has 3 nitrogen and oxygen atoms in total. The number of fused-ring (bicyclic) bond motifs is 6. The summed E-state index contributed by atoms with van der Waals surface area (Å²) in [6.45, 7) is 0. The lowest BCUT2D eigenvalue weighted by molar-refractivity contribution is 0.152. The number of aryl methyl sites for hydroxylation is 1. The Hall–Kier alpha value is -2.72. The number of thiophene rings is 1. The molecule has 0 amide bonds. The number of hydrogen-bond donors (Lipinski definition) is 0. The minimum Gasteiger partial charge on any atom is -0.491 e. The van der Waals surface area contributed by atoms with Crippen LogP contribution >= 0.6 is 11.3 Å². The summed E-state index contributed by atoms with van der Waals surface area (Å²) in [5, 5.41) is 7.65. The van der Waals surface area contributed by atoms with Gasteiger partial charge in [-0.05, 0) is 35.0 Å². The van der Waals surface area contributed by atoms with E-state index in [1.165, 1.54) is 48.5 Å². The molecule has 25 heavy (non-hydrogen) atoms. The maximum absolute atomic E-state index is 5.99. The lowest BCUT2D eigenvalue weighted by atomic mass is 10.0. The van der Waals surface area contributed by atoms with Gasteiger partial charge in [-0.25, -0.2) is 0 Å². The Kier molecular flexibility index (Phi) is 1.98. The molecule has 5 aromatic rings. The number of rotatable bonds is 0. The number of ether oxygens (including phenoxy) is 1. The summed E-state index contributed by atoms with van der Waals surface area (Å²) in [6.07, 6.45) is 4.18. The standard InChI is InChI=1S/C21H14N2OS/c1-22-14-4-2-3-11-12-8-10-25-21(12)23-16-7-9-24-20(16)13-5-6-15(22)18(17(11)14)19(13)23/h2-10,16,20H,1H3. The van der Waals surface area contributed by atoms with Crippen LogP contribution in [0.15, 0.2) is 54.1 Å². The van der Waals surface area contributed by atoms with Gasteiger partial charge in [0.15, 0.2) is 0 Å². The number of aromatic nitrogens is 2. The van der Waals surface area contributed by atoms with Crippen LogP contribution in [0.3, 0.4) is 0 Å². The van der Waals surface area contributed by atoms with Gasteiger partial charge in [0, 0.05) is 34.3 Å². The van der Waals surface area contributed by atoms with Crippen LogP contribution < -0.4 is 0 Å². The molecule has 5 heterocycles. The molecule has 0 radical (unpaired) electrons. The molecule has 0 spiro atoms. The molecule has 2 aromatic carbocycles. The van der Waals surface area contributed by atoms with Crippen LogP contribution in [0.1, 0.15) is 17.7 Å². The van der Waals surface area contributed by atoms with Crippen molar-refractivity contribution in [2.24, 2.45) is 7.05 Å². The fourth-order valence-electron chi connectivity index (χ4n) is 5.00. The molecular weight excluding hydrogens is 328 g/mol. The van der Waals surface area contributed by atoms with Crippen LogP contribution in [-0.4, -0.2) is 9.13 Å². The third kappa shape index (κ3) is 1.23. The van der Waals surface area contributed by atoms with E-state index in [2.05, 4.69) is 64.0 Å². The Morgan fingerprint density at radius 3 is 2.88 bits per heavy atom. The third-order valence-electron chi connectivity index (χ3n) is 6.01. The Morgan fingerprint density at radius 1 is 1.00 bits per heavy atom. The predicted octanol–water partition coefficient (Wildman–Crippen LogP) is 5.64. The highest BCUT2D eigenvalue weighted by atomic mass is 32.1. The molecule has 0 fully saturated rings. The Morgan fingerprint density at radius 2 is 1.92 bits per heavy atom. The van der Waals surface area contributed by atoms with Gasteiger partial charge in [0.05, 0.1) is 23.3 Å². The van der Waals surface area contributed by atoms with Gasteiger partial charge in [0.1, 0.15) is 10.9 Å². The molecule has 2 aliphatic rings. The maximum atomic E-state index is 5.99. The van der Waals surface area contributed by atoms with E-state index in [1.54, 1.807) is 0 Å². The van der Waals surface area contributed by atoms with Gasteiger partial charge in [0.2, 0.25) is 0 Å². The van der Waals surface area contributed by atoms with Crippen molar-refractivity contribution in [3.05, 3.63) is 59.7 Å². The van der Waals surface area contributed by atoms with E-state index < -0.39 is 0 Å². The summed E-state index contributed by atoms with van der Waals surface area (Å²) in [4.78, 5) is 1.34. The molecule has 4 heteroatoms. The first kappa shape index (κ1) is 12.6. The van der Waals surface area contributed by atoms with Gasteiger partial charge in [-0.1, -0.05) is 18.2 Å². The second kappa shape index (κ2) is 3.92. The molecule has 0 saturated heterocycles. The van der Waals surface area contributed by atoms with Crippen molar-refractivity contribution in [1.82, 2.24) is 9.13 Å². The van der Waals surface area contributed by atoms with Crippen LogP contribution in [-0.2, 0) is 11.8 Å². The zero-order valence-electron chi connectivity index (χ0n) is 13.6. The monoisotopic (exact) mass is 342 g/mol. The number of benzene rings is 2. The summed E-state index contributed by atoms with van der Waals surface area (Å²) in [6, 6.07) is 13.7. The van der Waals surface area contributed by atoms with E-state index in [9.17, 15) is 0 Å². The van der Waals surface area contributed by atoms with E-state index in [4.69, 9.17) is 4.74 Å². The first-order valence-corrected chi connectivity index (χ1v) is 9.46. The highest BCUT2D eigenvalue weighted by Gasteiger charge is 2.38. The molecule has 0 aliphatic carbocycles. The molecule has 2 unspecified atom stereocenters. The Bertz CT molecular complexity index is 1400. The van der Waals surface area contributed by atoms with Crippen molar-refractivity contribution in [3.8, 4) is 0 Å². The van der Waals surface area contributed by atoms with Crippen LogP contribution in [0.2, 0.25) is 0 Å². The van der Waals surface area contributed by atoms with Crippen LogP contribution in [0.5, 0.6) is 0 Å². The molecule has 0 saturated carbocycles. The second-order valence-electron chi connectivity index (χ2n) is 7.04. The molecule has 0 bridgehead atoms. The first-order chi connectivity index (χ1) is 12.3. The average molecular weight is 342 g/mol. The summed E-state index contributed by atoms with van der Waals surface area (Å²) in [5.74, 6) is 0. The predicted molar refractivity (Wildman–Crippen MR) is 103 cm³/mol. The SMILES string of the molecule is Cn1c2cccc3c4ccsc4n4c5c(ccc1c5c32)C1OC=CC14. The summed E-state index contributed by atoms with van der Waals surface area (Å²) in [7, 11) is 2.17. The average Bonchev–Trinajstić information content (AvgIpc) is 3.36. The number of hydrogen-bond acceptors (Lipinski definition) is 2. The van der Waals surface area contributed by atoms with Crippen LogP contribution in [0.25, 0.3) is 42.9 Å². The Labute approximate surface area is 147 Å². The van der Waals surface area contributed by atoms with Crippen molar-refractivity contribution < 1.29 is 4.74 Å². The molecule has 0 N–H and O–H groups in total. The van der Waals surface area contributed by atoms with Crippen molar-refractivity contribution in [3.63, 3.8) is 0 Å². The van der Waals surface area contributed by atoms with Gasteiger partial charge in [-0.3, -0.25) is 0 Å². The zero-order chi connectivity index (χ0) is 16.3. The quantitative estimate of drug-likeness (QED) is 0.356. The molecule has 2 aliphatic heterocycles. The van der Waals surface area contributed by atoms with Gasteiger partial charge in [0.25, 0.3) is 0 Å². The normalized spacial score (nSPS) is 21.2. The maximum Gasteiger partial charge on any atom is 0.149 e. The minimum atomic E-state index is 0.106. The fourth-order valence-corrected chi connectivity index (χ4v) is 5.96. The number of nitrogens with zero attached hydrogens (tertiary/aromatic N) is 2. The minimum absolute atomic E-state index is 0.106. The van der Waals surface area contributed by atoms with Gasteiger partial charge >= 0.3 is 0 Å². The second-order valence-corrected chi connectivity index (χ2v) is 7.94. The first-order valence-electron chi connectivity index (χ1n) is 8.58. The largest absolute Gasteiger partial charge is 0.491 e. The van der Waals surface area contributed by atoms with E-state index >= 15 is 0 Å². The van der Waals surface area contributed by atoms with E-state index in [0.717, 1.165) is 0 Å². The lowest BCUT2D eigenvalue weighted by Crippen LogP contribution is -2.04. The molecule has 7 rings (SSSR count). The third-order valence-corrected chi connectivity index (χ3v) is 6.92. The van der Waals surface area contributed by atoms with Gasteiger partial charge in [-0.15, -0.1) is 11.3 Å². The molecule has 2 atom stereocenters. The summed E-state index contributed by atoms with van der Waals surface area (Å²) < 4.78 is 10.8. The summed E-state index contributed by atoms with van der Waals surface area (Å²) in [5.41, 5.74) is 5.25. The Balaban J connectivity index is 1.96. The van der Waals surface area contributed by atoms with E-state index in [1.807, 2.05) is 17.6 Å². The van der Waals surface area contributed by atoms with Gasteiger partial charge in [-0.2, -0.15) is 0 Å². The highest BCUT2D eigenvalue weighted by Crippen LogP contribution is 2.52. The van der Waals surface area contributed by atoms with E-state index in [0.29, 0.717) is 0 Å². The fraction of sp³-hybridized carbons (Fsp3) is 0.143. The van der Waals surface area contributed by atoms with Crippen LogP contribution in [0, 0.1) is 0 Å². The van der Waals surface area contributed by atoms with Crippen molar-refractivity contribution in [1.29, 1.82) is 0 Å². The summed E-state index contributed by atoms with van der Waals surface area (Å²) >= 11 is 1.83. The molecule has 3 aromatic heterocycles. The topological polar surface area (TPSA) is 19.1 Å². The molecular formula is C21H14N2OS. The van der Waals surface area contributed by atoms with E-state index in [-0.39, 0.29) is 12.1 Å². The van der Waals surface area contributed by atoms with Crippen LogP contribution in [0.4, 0.5) is 0 Å². The highest BCUT2D eigenvalue weighted by molar-refractivity contribution is 7.17. The van der Waals surface area contributed by atoms with Gasteiger partial charge < -0.3 is 13.9 Å². The smallest absolute Gasteiger partial charge is 0.149 e. The van der Waals surface area contributed by atoms with Crippen molar-refractivity contribution >= 4 is 54.3 Å². The molecule has 120 valence electrons. The van der Waals surface area contributed by atoms with Crippen molar-refractivity contribution in [2.75, 3.05) is 0 Å². The van der Waals surface area contributed by atoms with Crippen molar-refractivity contribution in [2.45, 2.75) is 12.1 Å². The zero-order valence-corrected chi connectivity index (χ0v) is 14.4. The lowest BCUT2D eigenvalue weighted by Gasteiger charge is -2.12.